The van der Waals surface area contributed by atoms with E-state index in [0.717, 1.165) is 5.57 Å². The van der Waals surface area contributed by atoms with Crippen LogP contribution in [0.4, 0.5) is 4.79 Å². The largest absolute Gasteiger partial charge is 0.464 e. The number of carbonyl (C=O) groups is 2. The molecule has 1 amide bonds. The first-order chi connectivity index (χ1) is 8.19. The van der Waals surface area contributed by atoms with Gasteiger partial charge >= 0.3 is 12.1 Å². The van der Waals surface area contributed by atoms with Gasteiger partial charge in [-0.3, -0.25) is 9.69 Å². The zero-order chi connectivity index (χ0) is 13.9. The van der Waals surface area contributed by atoms with Gasteiger partial charge in [-0.15, -0.1) is 0 Å². The van der Waals surface area contributed by atoms with E-state index in [0.29, 0.717) is 13.0 Å². The summed E-state index contributed by atoms with van der Waals surface area (Å²) in [5.74, 6) is -0.350. The Morgan fingerprint density at radius 3 is 2.56 bits per heavy atom. The molecule has 0 spiro atoms. The second-order valence-electron chi connectivity index (χ2n) is 5.52. The van der Waals surface area contributed by atoms with Crippen molar-refractivity contribution in [2.45, 2.75) is 45.8 Å². The molecule has 0 N–H and O–H groups in total. The Balaban J connectivity index is 2.63. The first-order valence-corrected chi connectivity index (χ1v) is 5.98. The van der Waals surface area contributed by atoms with Crippen LogP contribution in [0.3, 0.4) is 0 Å². The van der Waals surface area contributed by atoms with E-state index in [1.807, 2.05) is 20.8 Å². The predicted molar refractivity (Wildman–Crippen MR) is 67.1 cm³/mol. The van der Waals surface area contributed by atoms with Crippen molar-refractivity contribution in [2.75, 3.05) is 13.2 Å². The highest BCUT2D eigenvalue weighted by atomic mass is 16.6. The lowest BCUT2D eigenvalue weighted by Crippen LogP contribution is -2.42. The van der Waals surface area contributed by atoms with Crippen LogP contribution in [0.1, 0.15) is 34.1 Å². The van der Waals surface area contributed by atoms with Crippen LogP contribution >= 0.6 is 0 Å². The summed E-state index contributed by atoms with van der Waals surface area (Å²) in [6.07, 6.45) is 0.255. The van der Waals surface area contributed by atoms with Crippen LogP contribution in [0.2, 0.25) is 0 Å². The molecule has 1 saturated heterocycles. The first kappa shape index (κ1) is 14.5. The molecule has 5 heteroatoms. The minimum Gasteiger partial charge on any atom is -0.464 e. The topological polar surface area (TPSA) is 55.8 Å². The zero-order valence-corrected chi connectivity index (χ0v) is 11.5. The van der Waals surface area contributed by atoms with Crippen molar-refractivity contribution < 1.29 is 19.1 Å². The van der Waals surface area contributed by atoms with Crippen LogP contribution in [-0.2, 0) is 14.3 Å². The SMILES string of the molecule is C=C1CC(COC(C)=O)N(C(=O)OC(C)(C)C)C1. The summed E-state index contributed by atoms with van der Waals surface area (Å²) in [6.45, 7) is 11.3. The van der Waals surface area contributed by atoms with E-state index in [4.69, 9.17) is 9.47 Å². The highest BCUT2D eigenvalue weighted by molar-refractivity contribution is 5.70. The van der Waals surface area contributed by atoms with Crippen molar-refractivity contribution in [1.82, 2.24) is 4.90 Å². The molecule has 1 unspecified atom stereocenters. The molecule has 1 aliphatic heterocycles. The van der Waals surface area contributed by atoms with Crippen molar-refractivity contribution in [1.29, 1.82) is 0 Å². The Hall–Kier alpha value is -1.52. The smallest absolute Gasteiger partial charge is 0.410 e. The molecule has 0 aromatic carbocycles. The van der Waals surface area contributed by atoms with Gasteiger partial charge in [-0.2, -0.15) is 0 Å². The number of likely N-dealkylation sites (tertiary alicyclic amines) is 1. The van der Waals surface area contributed by atoms with Crippen LogP contribution in [0.5, 0.6) is 0 Å². The van der Waals surface area contributed by atoms with E-state index in [2.05, 4.69) is 6.58 Å². The van der Waals surface area contributed by atoms with Gasteiger partial charge in [0.05, 0.1) is 6.04 Å². The third-order valence-corrected chi connectivity index (χ3v) is 2.47. The summed E-state index contributed by atoms with van der Waals surface area (Å²) in [5.41, 5.74) is 0.408. The van der Waals surface area contributed by atoms with Crippen LogP contribution in [-0.4, -0.2) is 41.8 Å². The van der Waals surface area contributed by atoms with Gasteiger partial charge in [-0.1, -0.05) is 12.2 Å². The minimum absolute atomic E-state index is 0.170. The van der Waals surface area contributed by atoms with Gasteiger partial charge in [-0.25, -0.2) is 4.79 Å². The lowest BCUT2D eigenvalue weighted by atomic mass is 10.2. The standard InChI is InChI=1S/C13H21NO4/c1-9-6-11(8-17-10(2)15)14(7-9)12(16)18-13(3,4)5/h11H,1,6-8H2,2-5H3. The highest BCUT2D eigenvalue weighted by Crippen LogP contribution is 2.24. The van der Waals surface area contributed by atoms with Gasteiger partial charge in [0.2, 0.25) is 0 Å². The average Bonchev–Trinajstić information content (AvgIpc) is 2.54. The number of hydrogen-bond acceptors (Lipinski definition) is 4. The summed E-state index contributed by atoms with van der Waals surface area (Å²) in [4.78, 5) is 24.4. The second-order valence-corrected chi connectivity index (χ2v) is 5.52. The van der Waals surface area contributed by atoms with Gasteiger partial charge in [0, 0.05) is 13.5 Å². The molecule has 0 bridgehead atoms. The lowest BCUT2D eigenvalue weighted by molar-refractivity contribution is -0.142. The zero-order valence-electron chi connectivity index (χ0n) is 11.5. The fraction of sp³-hybridized carbons (Fsp3) is 0.692. The van der Waals surface area contributed by atoms with Crippen LogP contribution in [0.15, 0.2) is 12.2 Å². The van der Waals surface area contributed by atoms with Crippen molar-refractivity contribution in [3.05, 3.63) is 12.2 Å². The number of amides is 1. The molecule has 0 aromatic heterocycles. The fourth-order valence-corrected chi connectivity index (χ4v) is 1.77. The number of nitrogens with zero attached hydrogens (tertiary/aromatic N) is 1. The fourth-order valence-electron chi connectivity index (χ4n) is 1.77. The molecule has 18 heavy (non-hydrogen) atoms. The molecule has 1 fully saturated rings. The molecule has 5 nitrogen and oxygen atoms in total. The average molecular weight is 255 g/mol. The van der Waals surface area contributed by atoms with Gasteiger partial charge in [-0.05, 0) is 27.2 Å². The van der Waals surface area contributed by atoms with Gasteiger partial charge in [0.1, 0.15) is 12.2 Å². The number of rotatable bonds is 2. The predicted octanol–water partition coefficient (Wildman–Crippen LogP) is 2.12. The molecule has 0 aromatic rings. The molecular weight excluding hydrogens is 234 g/mol. The maximum Gasteiger partial charge on any atom is 0.410 e. The molecule has 0 aliphatic carbocycles. The molecule has 1 atom stereocenters. The molecule has 102 valence electrons. The number of hydrogen-bond donors (Lipinski definition) is 0. The molecule has 0 radical (unpaired) electrons. The third kappa shape index (κ3) is 4.39. The number of carbonyl (C=O) groups excluding carboxylic acids is 2. The minimum atomic E-state index is -0.535. The van der Waals surface area contributed by atoms with Crippen LogP contribution < -0.4 is 0 Å². The monoisotopic (exact) mass is 255 g/mol. The Labute approximate surface area is 108 Å². The third-order valence-electron chi connectivity index (χ3n) is 2.47. The normalized spacial score (nSPS) is 19.9. The van der Waals surface area contributed by atoms with Crippen molar-refractivity contribution >= 4 is 12.1 Å². The number of ether oxygens (including phenoxy) is 2. The maximum absolute atomic E-state index is 12.0. The summed E-state index contributed by atoms with van der Waals surface area (Å²) in [7, 11) is 0. The quantitative estimate of drug-likeness (QED) is 0.560. The van der Waals surface area contributed by atoms with E-state index >= 15 is 0 Å². The Bertz CT molecular complexity index is 356. The highest BCUT2D eigenvalue weighted by Gasteiger charge is 2.34. The van der Waals surface area contributed by atoms with Gasteiger partial charge in [0.25, 0.3) is 0 Å². The number of esters is 1. The van der Waals surface area contributed by atoms with Gasteiger partial charge in [0.15, 0.2) is 0 Å². The van der Waals surface area contributed by atoms with E-state index in [1.54, 1.807) is 4.90 Å². The Kier molecular flexibility index (Phi) is 4.38. The van der Waals surface area contributed by atoms with Crippen LogP contribution in [0, 0.1) is 0 Å². The Morgan fingerprint density at radius 2 is 2.06 bits per heavy atom. The van der Waals surface area contributed by atoms with E-state index in [-0.39, 0.29) is 18.6 Å². The summed E-state index contributed by atoms with van der Waals surface area (Å²) >= 11 is 0. The molecule has 1 heterocycles. The first-order valence-electron chi connectivity index (χ1n) is 5.98. The maximum atomic E-state index is 12.0. The molecular formula is C13H21NO4. The Morgan fingerprint density at radius 1 is 1.44 bits per heavy atom. The molecule has 1 rings (SSSR count). The summed E-state index contributed by atoms with van der Waals surface area (Å²) in [5, 5.41) is 0. The second kappa shape index (κ2) is 5.42. The summed E-state index contributed by atoms with van der Waals surface area (Å²) in [6, 6.07) is -0.170. The van der Waals surface area contributed by atoms with Crippen molar-refractivity contribution in [3.63, 3.8) is 0 Å². The van der Waals surface area contributed by atoms with Crippen molar-refractivity contribution in [3.8, 4) is 0 Å². The summed E-state index contributed by atoms with van der Waals surface area (Å²) < 4.78 is 10.3. The van der Waals surface area contributed by atoms with E-state index in [9.17, 15) is 9.59 Å². The van der Waals surface area contributed by atoms with E-state index in [1.165, 1.54) is 6.92 Å². The van der Waals surface area contributed by atoms with E-state index < -0.39 is 11.7 Å². The lowest BCUT2D eigenvalue weighted by Gasteiger charge is -2.28. The van der Waals surface area contributed by atoms with Gasteiger partial charge < -0.3 is 9.47 Å². The molecule has 1 aliphatic rings. The van der Waals surface area contributed by atoms with Crippen molar-refractivity contribution in [2.24, 2.45) is 0 Å². The molecule has 0 saturated carbocycles. The van der Waals surface area contributed by atoms with Crippen LogP contribution in [0.25, 0.3) is 0 Å².